The fraction of sp³-hybridized carbons (Fsp3) is 0.357. The SMILES string of the molecule is COCC(C)CNC(=O)c1c[nH]c2cc(N)ccc12. The highest BCUT2D eigenvalue weighted by Crippen LogP contribution is 2.20. The van der Waals surface area contributed by atoms with Gasteiger partial charge in [-0.15, -0.1) is 0 Å². The van der Waals surface area contributed by atoms with E-state index in [4.69, 9.17) is 10.5 Å². The highest BCUT2D eigenvalue weighted by atomic mass is 16.5. The van der Waals surface area contributed by atoms with Crippen LogP contribution in [0.25, 0.3) is 10.9 Å². The quantitative estimate of drug-likeness (QED) is 0.717. The van der Waals surface area contributed by atoms with Crippen molar-refractivity contribution in [3.8, 4) is 0 Å². The molecule has 1 amide bonds. The van der Waals surface area contributed by atoms with Crippen LogP contribution in [0.15, 0.2) is 24.4 Å². The Balaban J connectivity index is 2.09. The number of H-pyrrole nitrogens is 1. The van der Waals surface area contributed by atoms with Gasteiger partial charge in [0.2, 0.25) is 0 Å². The second kappa shape index (κ2) is 5.75. The first-order chi connectivity index (χ1) is 9.11. The van der Waals surface area contributed by atoms with E-state index in [9.17, 15) is 4.79 Å². The molecule has 0 saturated carbocycles. The number of carbonyl (C=O) groups is 1. The minimum Gasteiger partial charge on any atom is -0.399 e. The van der Waals surface area contributed by atoms with Gasteiger partial charge >= 0.3 is 0 Å². The van der Waals surface area contributed by atoms with Crippen molar-refractivity contribution in [1.29, 1.82) is 0 Å². The summed E-state index contributed by atoms with van der Waals surface area (Å²) < 4.78 is 5.04. The molecule has 0 bridgehead atoms. The maximum atomic E-state index is 12.1. The first kappa shape index (κ1) is 13.4. The molecule has 1 aromatic carbocycles. The summed E-state index contributed by atoms with van der Waals surface area (Å²) in [5.41, 5.74) is 7.89. The summed E-state index contributed by atoms with van der Waals surface area (Å²) in [6.45, 7) is 3.25. The average molecular weight is 261 g/mol. The Morgan fingerprint density at radius 3 is 3.05 bits per heavy atom. The number of benzene rings is 1. The molecule has 0 spiro atoms. The largest absolute Gasteiger partial charge is 0.399 e. The average Bonchev–Trinajstić information content (AvgIpc) is 2.79. The van der Waals surface area contributed by atoms with Crippen molar-refractivity contribution in [2.45, 2.75) is 6.92 Å². The number of carbonyl (C=O) groups excluding carboxylic acids is 1. The van der Waals surface area contributed by atoms with Gasteiger partial charge in [-0.1, -0.05) is 6.92 Å². The van der Waals surface area contributed by atoms with Crippen LogP contribution in [0.3, 0.4) is 0 Å². The zero-order valence-electron chi connectivity index (χ0n) is 11.2. The van der Waals surface area contributed by atoms with Gasteiger partial charge in [0.1, 0.15) is 0 Å². The van der Waals surface area contributed by atoms with E-state index in [1.807, 2.05) is 19.1 Å². The normalized spacial score (nSPS) is 12.5. The second-order valence-electron chi connectivity index (χ2n) is 4.78. The predicted molar refractivity (Wildman–Crippen MR) is 76.1 cm³/mol. The number of amides is 1. The summed E-state index contributed by atoms with van der Waals surface area (Å²) in [6, 6.07) is 5.47. The summed E-state index contributed by atoms with van der Waals surface area (Å²) in [4.78, 5) is 15.2. The summed E-state index contributed by atoms with van der Waals surface area (Å²) in [5.74, 6) is 0.203. The van der Waals surface area contributed by atoms with Crippen LogP contribution in [0.2, 0.25) is 0 Å². The minimum atomic E-state index is -0.0843. The lowest BCUT2D eigenvalue weighted by molar-refractivity contribution is 0.0936. The molecule has 0 saturated heterocycles. The van der Waals surface area contributed by atoms with Gasteiger partial charge in [-0.2, -0.15) is 0 Å². The van der Waals surface area contributed by atoms with Gasteiger partial charge in [0.25, 0.3) is 5.91 Å². The number of hydrogen-bond donors (Lipinski definition) is 3. The van der Waals surface area contributed by atoms with E-state index in [0.29, 0.717) is 24.4 Å². The van der Waals surface area contributed by atoms with Crippen molar-refractivity contribution < 1.29 is 9.53 Å². The van der Waals surface area contributed by atoms with E-state index in [0.717, 1.165) is 10.9 Å². The number of fused-ring (bicyclic) bond motifs is 1. The van der Waals surface area contributed by atoms with E-state index < -0.39 is 0 Å². The minimum absolute atomic E-state index is 0.0843. The molecule has 1 atom stereocenters. The van der Waals surface area contributed by atoms with Crippen LogP contribution in [-0.2, 0) is 4.74 Å². The number of anilines is 1. The van der Waals surface area contributed by atoms with E-state index >= 15 is 0 Å². The monoisotopic (exact) mass is 261 g/mol. The standard InChI is InChI=1S/C14H19N3O2/c1-9(8-19-2)6-17-14(18)12-7-16-13-5-10(15)3-4-11(12)13/h3-5,7,9,16H,6,8,15H2,1-2H3,(H,17,18). The number of nitrogens with one attached hydrogen (secondary N) is 2. The molecule has 0 aliphatic heterocycles. The zero-order valence-corrected chi connectivity index (χ0v) is 11.2. The Hall–Kier alpha value is -2.01. The zero-order chi connectivity index (χ0) is 13.8. The van der Waals surface area contributed by atoms with Crippen molar-refractivity contribution in [2.24, 2.45) is 5.92 Å². The summed E-state index contributed by atoms with van der Waals surface area (Å²) in [7, 11) is 1.66. The highest BCUT2D eigenvalue weighted by molar-refractivity contribution is 6.07. The Bertz CT molecular complexity index is 577. The van der Waals surface area contributed by atoms with Crippen molar-refractivity contribution in [2.75, 3.05) is 26.0 Å². The lowest BCUT2D eigenvalue weighted by Crippen LogP contribution is -2.29. The van der Waals surface area contributed by atoms with Crippen molar-refractivity contribution in [1.82, 2.24) is 10.3 Å². The van der Waals surface area contributed by atoms with Crippen LogP contribution >= 0.6 is 0 Å². The number of nitrogen functional groups attached to an aromatic ring is 1. The molecule has 1 aromatic heterocycles. The summed E-state index contributed by atoms with van der Waals surface area (Å²) >= 11 is 0. The summed E-state index contributed by atoms with van der Waals surface area (Å²) in [6.07, 6.45) is 1.71. The van der Waals surface area contributed by atoms with Crippen LogP contribution in [0.4, 0.5) is 5.69 Å². The number of nitrogens with two attached hydrogens (primary N) is 1. The van der Waals surface area contributed by atoms with Gasteiger partial charge in [0.05, 0.1) is 12.2 Å². The molecule has 0 aliphatic rings. The predicted octanol–water partition coefficient (Wildman–Crippen LogP) is 1.76. The number of aromatic amines is 1. The highest BCUT2D eigenvalue weighted by Gasteiger charge is 2.12. The Kier molecular flexibility index (Phi) is 4.06. The molecule has 4 N–H and O–H groups in total. The molecular weight excluding hydrogens is 242 g/mol. The number of hydrogen-bond acceptors (Lipinski definition) is 3. The number of aromatic nitrogens is 1. The van der Waals surface area contributed by atoms with Crippen LogP contribution < -0.4 is 11.1 Å². The molecule has 1 unspecified atom stereocenters. The smallest absolute Gasteiger partial charge is 0.253 e. The number of rotatable bonds is 5. The van der Waals surface area contributed by atoms with Crippen LogP contribution in [-0.4, -0.2) is 31.2 Å². The molecular formula is C14H19N3O2. The van der Waals surface area contributed by atoms with Crippen LogP contribution in [0.5, 0.6) is 0 Å². The molecule has 0 fully saturated rings. The van der Waals surface area contributed by atoms with Gasteiger partial charge in [-0.25, -0.2) is 0 Å². The van der Waals surface area contributed by atoms with Gasteiger partial charge in [0.15, 0.2) is 0 Å². The fourth-order valence-electron chi connectivity index (χ4n) is 2.04. The second-order valence-corrected chi connectivity index (χ2v) is 4.78. The maximum Gasteiger partial charge on any atom is 0.253 e. The van der Waals surface area contributed by atoms with Gasteiger partial charge in [-0.3, -0.25) is 4.79 Å². The molecule has 19 heavy (non-hydrogen) atoms. The van der Waals surface area contributed by atoms with Gasteiger partial charge in [-0.05, 0) is 24.1 Å². The number of methoxy groups -OCH3 is 1. The van der Waals surface area contributed by atoms with E-state index in [1.165, 1.54) is 0 Å². The summed E-state index contributed by atoms with van der Waals surface area (Å²) in [5, 5.41) is 3.79. The maximum absolute atomic E-state index is 12.1. The first-order valence-electron chi connectivity index (χ1n) is 6.25. The lowest BCUT2D eigenvalue weighted by atomic mass is 10.1. The van der Waals surface area contributed by atoms with E-state index in [2.05, 4.69) is 10.3 Å². The molecule has 2 rings (SSSR count). The molecule has 5 nitrogen and oxygen atoms in total. The third-order valence-corrected chi connectivity index (χ3v) is 3.01. The third kappa shape index (κ3) is 3.06. The molecule has 0 radical (unpaired) electrons. The number of ether oxygens (including phenoxy) is 1. The van der Waals surface area contributed by atoms with Gasteiger partial charge < -0.3 is 20.8 Å². The fourth-order valence-corrected chi connectivity index (χ4v) is 2.04. The molecule has 5 heteroatoms. The van der Waals surface area contributed by atoms with Crippen molar-refractivity contribution >= 4 is 22.5 Å². The lowest BCUT2D eigenvalue weighted by Gasteiger charge is -2.11. The first-order valence-corrected chi connectivity index (χ1v) is 6.25. The van der Waals surface area contributed by atoms with Crippen LogP contribution in [0.1, 0.15) is 17.3 Å². The van der Waals surface area contributed by atoms with Crippen molar-refractivity contribution in [3.63, 3.8) is 0 Å². The molecule has 2 aromatic rings. The van der Waals surface area contributed by atoms with E-state index in [-0.39, 0.29) is 11.8 Å². The van der Waals surface area contributed by atoms with Crippen LogP contribution in [0, 0.1) is 5.92 Å². The van der Waals surface area contributed by atoms with E-state index in [1.54, 1.807) is 19.4 Å². The van der Waals surface area contributed by atoms with Crippen molar-refractivity contribution in [3.05, 3.63) is 30.0 Å². The molecule has 102 valence electrons. The third-order valence-electron chi connectivity index (χ3n) is 3.01. The topological polar surface area (TPSA) is 80.1 Å². The van der Waals surface area contributed by atoms with Gasteiger partial charge in [0, 0.05) is 36.4 Å². The Labute approximate surface area is 112 Å². The Morgan fingerprint density at radius 2 is 2.32 bits per heavy atom. The Morgan fingerprint density at radius 1 is 1.53 bits per heavy atom. The molecule has 1 heterocycles. The molecule has 0 aliphatic carbocycles.